The van der Waals surface area contributed by atoms with Gasteiger partial charge in [-0.05, 0) is 12.6 Å². The lowest BCUT2D eigenvalue weighted by molar-refractivity contribution is 0.104. The zero-order valence-corrected chi connectivity index (χ0v) is 9.90. The summed E-state index contributed by atoms with van der Waals surface area (Å²) >= 11 is 0. The minimum absolute atomic E-state index is 0.140. The highest BCUT2D eigenvalue weighted by atomic mass is 16.5. The van der Waals surface area contributed by atoms with Crippen molar-refractivity contribution in [1.82, 2.24) is 4.90 Å². The maximum Gasteiger partial charge on any atom is 0.163 e. The number of likely N-dealkylation sites (N-methyl/N-ethyl adjacent to an activating group) is 1. The van der Waals surface area contributed by atoms with Crippen LogP contribution in [0.2, 0.25) is 0 Å². The summed E-state index contributed by atoms with van der Waals surface area (Å²) in [5.41, 5.74) is 1.84. The predicted molar refractivity (Wildman–Crippen MR) is 64.3 cm³/mol. The third-order valence-electron chi connectivity index (χ3n) is 2.41. The Bertz CT molecular complexity index is 332. The van der Waals surface area contributed by atoms with Crippen molar-refractivity contribution in [1.29, 1.82) is 0 Å². The van der Waals surface area contributed by atoms with Crippen LogP contribution in [0.4, 0.5) is 0 Å². The first kappa shape index (κ1) is 12.9. The number of nitrogens with zero attached hydrogens (tertiary/aromatic N) is 1. The standard InChI is InChI=1S/C13H18NO2/c1-11(15)13-6-4-12(5-7-13)10-14(2)8-9-16-3/h4-7H,1,8-10H2,2-3H3. The van der Waals surface area contributed by atoms with Crippen molar-refractivity contribution in [2.75, 3.05) is 27.3 Å². The van der Waals surface area contributed by atoms with E-state index in [0.717, 1.165) is 19.7 Å². The summed E-state index contributed by atoms with van der Waals surface area (Å²) in [6.07, 6.45) is 0. The Morgan fingerprint density at radius 1 is 1.38 bits per heavy atom. The van der Waals surface area contributed by atoms with Gasteiger partial charge in [-0.3, -0.25) is 9.69 Å². The maximum atomic E-state index is 11.0. The molecule has 0 N–H and O–H groups in total. The van der Waals surface area contributed by atoms with Gasteiger partial charge in [0.05, 0.1) is 6.61 Å². The highest BCUT2D eigenvalue weighted by Gasteiger charge is 2.02. The second-order valence-electron chi connectivity index (χ2n) is 3.85. The molecule has 3 heteroatoms. The van der Waals surface area contributed by atoms with Gasteiger partial charge in [-0.2, -0.15) is 0 Å². The fraction of sp³-hybridized carbons (Fsp3) is 0.385. The van der Waals surface area contributed by atoms with E-state index in [1.165, 1.54) is 5.56 Å². The van der Waals surface area contributed by atoms with Crippen molar-refractivity contribution >= 4 is 5.78 Å². The number of rotatable bonds is 6. The molecule has 1 rings (SSSR count). The average Bonchev–Trinajstić information content (AvgIpc) is 2.27. The molecule has 3 nitrogen and oxygen atoms in total. The Balaban J connectivity index is 2.51. The highest BCUT2D eigenvalue weighted by Crippen LogP contribution is 2.07. The van der Waals surface area contributed by atoms with E-state index in [0.29, 0.717) is 5.56 Å². The van der Waals surface area contributed by atoms with E-state index in [2.05, 4.69) is 11.8 Å². The van der Waals surface area contributed by atoms with Crippen LogP contribution in [0.25, 0.3) is 0 Å². The molecule has 0 heterocycles. The maximum absolute atomic E-state index is 11.0. The van der Waals surface area contributed by atoms with E-state index in [1.54, 1.807) is 7.11 Å². The fourth-order valence-electron chi connectivity index (χ4n) is 1.43. The molecule has 1 aromatic rings. The molecule has 0 saturated carbocycles. The molecular formula is C13H18NO2. The van der Waals surface area contributed by atoms with Gasteiger partial charge >= 0.3 is 0 Å². The number of benzene rings is 1. The highest BCUT2D eigenvalue weighted by molar-refractivity contribution is 5.99. The normalized spacial score (nSPS) is 10.8. The number of hydrogen-bond donors (Lipinski definition) is 0. The number of Topliss-reactive ketones (excluding diaryl/α,β-unsaturated/α-hetero) is 1. The van der Waals surface area contributed by atoms with Crippen LogP contribution in [0.5, 0.6) is 0 Å². The van der Waals surface area contributed by atoms with Crippen LogP contribution >= 0.6 is 0 Å². The molecule has 0 fully saturated rings. The number of ether oxygens (including phenoxy) is 1. The van der Waals surface area contributed by atoms with Crippen LogP contribution in [0.3, 0.4) is 0 Å². The zero-order valence-electron chi connectivity index (χ0n) is 9.90. The topological polar surface area (TPSA) is 29.5 Å². The zero-order chi connectivity index (χ0) is 12.0. The van der Waals surface area contributed by atoms with Crippen molar-refractivity contribution in [3.05, 3.63) is 42.3 Å². The monoisotopic (exact) mass is 220 g/mol. The number of carbonyl (C=O) groups excluding carboxylic acids is 1. The molecule has 0 aliphatic carbocycles. The average molecular weight is 220 g/mol. The predicted octanol–water partition coefficient (Wildman–Crippen LogP) is 1.78. The molecule has 0 bridgehead atoms. The molecule has 16 heavy (non-hydrogen) atoms. The van der Waals surface area contributed by atoms with Crippen molar-refractivity contribution in [2.24, 2.45) is 0 Å². The summed E-state index contributed by atoms with van der Waals surface area (Å²) in [4.78, 5) is 13.2. The Hall–Kier alpha value is -1.19. The molecule has 0 amide bonds. The third-order valence-corrected chi connectivity index (χ3v) is 2.41. The SMILES string of the molecule is [CH2]C(=O)c1ccc(CN(C)CCOC)cc1. The molecule has 0 saturated heterocycles. The van der Waals surface area contributed by atoms with E-state index >= 15 is 0 Å². The lowest BCUT2D eigenvalue weighted by Crippen LogP contribution is -2.22. The van der Waals surface area contributed by atoms with Gasteiger partial charge in [-0.1, -0.05) is 24.3 Å². The molecular weight excluding hydrogens is 202 g/mol. The van der Waals surface area contributed by atoms with Crippen molar-refractivity contribution in [3.63, 3.8) is 0 Å². The fourth-order valence-corrected chi connectivity index (χ4v) is 1.43. The van der Waals surface area contributed by atoms with Gasteiger partial charge in [-0.15, -0.1) is 0 Å². The van der Waals surface area contributed by atoms with E-state index in [-0.39, 0.29) is 5.78 Å². The molecule has 0 spiro atoms. The summed E-state index contributed by atoms with van der Waals surface area (Å²) in [5, 5.41) is 0. The Morgan fingerprint density at radius 2 is 2.00 bits per heavy atom. The van der Waals surface area contributed by atoms with Gasteiger partial charge in [0.15, 0.2) is 5.78 Å². The van der Waals surface area contributed by atoms with Crippen LogP contribution < -0.4 is 0 Å². The largest absolute Gasteiger partial charge is 0.383 e. The second kappa shape index (κ2) is 6.40. The molecule has 0 atom stereocenters. The van der Waals surface area contributed by atoms with Crippen molar-refractivity contribution < 1.29 is 9.53 Å². The molecule has 87 valence electrons. The third kappa shape index (κ3) is 4.13. The molecule has 0 aromatic heterocycles. The van der Waals surface area contributed by atoms with Crippen molar-refractivity contribution in [2.45, 2.75) is 6.54 Å². The molecule has 0 unspecified atom stereocenters. The minimum Gasteiger partial charge on any atom is -0.383 e. The first-order valence-corrected chi connectivity index (χ1v) is 5.26. The van der Waals surface area contributed by atoms with Gasteiger partial charge in [0.1, 0.15) is 0 Å². The molecule has 0 aliphatic rings. The van der Waals surface area contributed by atoms with Gasteiger partial charge in [0.25, 0.3) is 0 Å². The van der Waals surface area contributed by atoms with Gasteiger partial charge in [-0.25, -0.2) is 0 Å². The number of carbonyl (C=O) groups is 1. The Morgan fingerprint density at radius 3 is 2.50 bits per heavy atom. The van der Waals surface area contributed by atoms with E-state index in [9.17, 15) is 4.79 Å². The Labute approximate surface area is 97.0 Å². The molecule has 1 aromatic carbocycles. The smallest absolute Gasteiger partial charge is 0.163 e. The minimum atomic E-state index is -0.140. The Kier molecular flexibility index (Phi) is 5.15. The summed E-state index contributed by atoms with van der Waals surface area (Å²) in [5.74, 6) is -0.140. The number of hydrogen-bond acceptors (Lipinski definition) is 3. The number of methoxy groups -OCH3 is 1. The van der Waals surface area contributed by atoms with Gasteiger partial charge in [0.2, 0.25) is 0 Å². The quantitative estimate of drug-likeness (QED) is 0.684. The van der Waals surface area contributed by atoms with Crippen LogP contribution in [-0.2, 0) is 11.3 Å². The summed E-state index contributed by atoms with van der Waals surface area (Å²) in [6.45, 7) is 5.85. The van der Waals surface area contributed by atoms with Gasteiger partial charge in [0, 0.05) is 32.7 Å². The van der Waals surface area contributed by atoms with Crippen LogP contribution in [0.15, 0.2) is 24.3 Å². The summed E-state index contributed by atoms with van der Waals surface area (Å²) < 4.78 is 5.01. The summed E-state index contributed by atoms with van der Waals surface area (Å²) in [6, 6.07) is 7.55. The molecule has 1 radical (unpaired) electrons. The van der Waals surface area contributed by atoms with Gasteiger partial charge < -0.3 is 4.74 Å². The number of ketones is 1. The van der Waals surface area contributed by atoms with E-state index in [4.69, 9.17) is 4.74 Å². The summed E-state index contributed by atoms with van der Waals surface area (Å²) in [7, 11) is 3.74. The van der Waals surface area contributed by atoms with E-state index < -0.39 is 0 Å². The first-order chi connectivity index (χ1) is 7.63. The molecule has 0 aliphatic heterocycles. The van der Waals surface area contributed by atoms with Crippen LogP contribution in [-0.4, -0.2) is 38.0 Å². The lowest BCUT2D eigenvalue weighted by Gasteiger charge is -2.15. The van der Waals surface area contributed by atoms with E-state index in [1.807, 2.05) is 31.3 Å². The first-order valence-electron chi connectivity index (χ1n) is 5.26. The van der Waals surface area contributed by atoms with Crippen molar-refractivity contribution in [3.8, 4) is 0 Å². The van der Waals surface area contributed by atoms with Crippen LogP contribution in [0, 0.1) is 6.92 Å². The lowest BCUT2D eigenvalue weighted by atomic mass is 10.1. The van der Waals surface area contributed by atoms with Crippen LogP contribution in [0.1, 0.15) is 15.9 Å². The second-order valence-corrected chi connectivity index (χ2v) is 3.85.